The van der Waals surface area contributed by atoms with E-state index in [1.165, 1.54) is 0 Å². The Morgan fingerprint density at radius 3 is 2.57 bits per heavy atom. The summed E-state index contributed by atoms with van der Waals surface area (Å²) in [6.07, 6.45) is -3.73. The van der Waals surface area contributed by atoms with Gasteiger partial charge in [-0.3, -0.25) is 4.79 Å². The van der Waals surface area contributed by atoms with Crippen LogP contribution in [-0.2, 0) is 9.53 Å². The first-order valence-electron chi connectivity index (χ1n) is 6.70. The van der Waals surface area contributed by atoms with E-state index in [4.69, 9.17) is 4.74 Å². The highest BCUT2D eigenvalue weighted by atomic mass is 19.4. The Hall–Kier alpha value is -2.58. The zero-order valence-electron chi connectivity index (χ0n) is 12.6. The minimum Gasteiger partial charge on any atom is -0.462 e. The summed E-state index contributed by atoms with van der Waals surface area (Å²) < 4.78 is 43.5. The summed E-state index contributed by atoms with van der Waals surface area (Å²) in [5, 5.41) is 3.01. The summed E-state index contributed by atoms with van der Waals surface area (Å²) in [5.41, 5.74) is 1.17. The highest BCUT2D eigenvalue weighted by Crippen LogP contribution is 2.28. The van der Waals surface area contributed by atoms with Crippen LogP contribution in [-0.4, -0.2) is 35.4 Å². The molecule has 0 atom stereocenters. The van der Waals surface area contributed by atoms with Crippen molar-refractivity contribution < 1.29 is 27.5 Å². The summed E-state index contributed by atoms with van der Waals surface area (Å²) >= 11 is 0. The molecule has 124 valence electrons. The molecule has 2 N–H and O–H groups in total. The van der Waals surface area contributed by atoms with Crippen molar-refractivity contribution in [2.75, 3.05) is 6.61 Å². The van der Waals surface area contributed by atoms with Crippen LogP contribution in [0.25, 0.3) is 6.08 Å². The number of halogens is 3. The lowest BCUT2D eigenvalue weighted by Gasteiger charge is -2.05. The molecule has 1 aromatic rings. The molecule has 1 amide bonds. The van der Waals surface area contributed by atoms with Crippen LogP contribution in [0.2, 0.25) is 0 Å². The molecular formula is C14H14F3N3O3. The van der Waals surface area contributed by atoms with Crippen molar-refractivity contribution in [2.24, 2.45) is 5.10 Å². The molecule has 0 saturated carbocycles. The van der Waals surface area contributed by atoms with Gasteiger partial charge in [0, 0.05) is 11.4 Å². The number of nitrogens with zero attached hydrogens (tertiary/aromatic N) is 1. The van der Waals surface area contributed by atoms with Crippen molar-refractivity contribution in [1.29, 1.82) is 0 Å². The van der Waals surface area contributed by atoms with Crippen LogP contribution in [0.3, 0.4) is 0 Å². The molecule has 0 unspecified atom stereocenters. The number of esters is 1. The number of ether oxygens (including phenoxy) is 1. The monoisotopic (exact) mass is 329 g/mol. The fourth-order valence-electron chi connectivity index (χ4n) is 2.26. The van der Waals surface area contributed by atoms with Crippen LogP contribution in [0, 0.1) is 13.8 Å². The number of nitrogens with one attached hydrogen (secondary N) is 2. The van der Waals surface area contributed by atoms with Crippen LogP contribution in [0.15, 0.2) is 10.7 Å². The van der Waals surface area contributed by atoms with E-state index < -0.39 is 29.3 Å². The molecule has 0 spiro atoms. The number of aromatic nitrogens is 1. The van der Waals surface area contributed by atoms with Gasteiger partial charge >= 0.3 is 12.1 Å². The van der Waals surface area contributed by atoms with Crippen LogP contribution in [0.5, 0.6) is 0 Å². The molecule has 0 saturated heterocycles. The number of H-pyrrole nitrogens is 1. The average molecular weight is 329 g/mol. The first-order chi connectivity index (χ1) is 10.7. The first kappa shape index (κ1) is 16.8. The number of aromatic amines is 1. The summed E-state index contributed by atoms with van der Waals surface area (Å²) in [7, 11) is 0. The van der Waals surface area contributed by atoms with Crippen molar-refractivity contribution in [2.45, 2.75) is 26.9 Å². The molecule has 2 rings (SSSR count). The van der Waals surface area contributed by atoms with Crippen LogP contribution in [0.4, 0.5) is 13.2 Å². The molecule has 6 nitrogen and oxygen atoms in total. The van der Waals surface area contributed by atoms with Gasteiger partial charge in [0.25, 0.3) is 5.91 Å². The molecule has 1 aliphatic heterocycles. The number of carbonyl (C=O) groups excluding carboxylic acids is 2. The van der Waals surface area contributed by atoms with E-state index in [1.807, 2.05) is 0 Å². The molecule has 1 aromatic heterocycles. The van der Waals surface area contributed by atoms with E-state index >= 15 is 0 Å². The number of aryl methyl sites for hydroxylation is 1. The van der Waals surface area contributed by atoms with Gasteiger partial charge in [0.15, 0.2) is 5.71 Å². The van der Waals surface area contributed by atoms with Crippen molar-refractivity contribution in [3.05, 3.63) is 28.1 Å². The van der Waals surface area contributed by atoms with Crippen LogP contribution in [0.1, 0.15) is 34.2 Å². The van der Waals surface area contributed by atoms with Gasteiger partial charge < -0.3 is 9.72 Å². The summed E-state index contributed by atoms with van der Waals surface area (Å²) in [6.45, 7) is 4.97. The number of hydrogen-bond donors (Lipinski definition) is 2. The zero-order chi connectivity index (χ0) is 17.4. The zero-order valence-corrected chi connectivity index (χ0v) is 12.6. The normalized spacial score (nSPS) is 16.5. The molecule has 0 aromatic carbocycles. The topological polar surface area (TPSA) is 83.5 Å². The Morgan fingerprint density at radius 2 is 2.00 bits per heavy atom. The van der Waals surface area contributed by atoms with Gasteiger partial charge in [0.2, 0.25) is 0 Å². The summed E-state index contributed by atoms with van der Waals surface area (Å²) in [5.74, 6) is -1.54. The fourth-order valence-corrected chi connectivity index (χ4v) is 2.26. The molecular weight excluding hydrogens is 315 g/mol. The lowest BCUT2D eigenvalue weighted by Crippen LogP contribution is -2.24. The van der Waals surface area contributed by atoms with E-state index in [2.05, 4.69) is 10.1 Å². The van der Waals surface area contributed by atoms with E-state index in [0.29, 0.717) is 11.3 Å². The van der Waals surface area contributed by atoms with Gasteiger partial charge in [0.1, 0.15) is 0 Å². The number of hydrogen-bond acceptors (Lipinski definition) is 4. The van der Waals surface area contributed by atoms with Crippen molar-refractivity contribution in [1.82, 2.24) is 10.4 Å². The van der Waals surface area contributed by atoms with Gasteiger partial charge in [-0.15, -0.1) is 0 Å². The molecule has 0 bridgehead atoms. The molecule has 0 fully saturated rings. The number of amides is 1. The maximum absolute atomic E-state index is 12.9. The first-order valence-corrected chi connectivity index (χ1v) is 6.70. The standard InChI is InChI=1S/C14H14F3N3O3/c1-4-23-13(22)10-6(2)9(18-7(10)3)5-8-11(14(15,16)17)19-20-12(8)21/h5,18H,4H2,1-3H3,(H,20,21). The van der Waals surface area contributed by atoms with Crippen LogP contribution < -0.4 is 5.43 Å². The Balaban J connectivity index is 2.48. The number of alkyl halides is 3. The van der Waals surface area contributed by atoms with Gasteiger partial charge in [-0.2, -0.15) is 18.3 Å². The lowest BCUT2D eigenvalue weighted by atomic mass is 10.1. The van der Waals surface area contributed by atoms with E-state index in [0.717, 1.165) is 6.08 Å². The molecule has 0 aliphatic carbocycles. The third kappa shape index (κ3) is 3.13. The summed E-state index contributed by atoms with van der Waals surface area (Å²) in [4.78, 5) is 26.2. The van der Waals surface area contributed by atoms with Crippen molar-refractivity contribution >= 4 is 23.7 Å². The molecule has 0 radical (unpaired) electrons. The highest BCUT2D eigenvalue weighted by molar-refractivity contribution is 6.29. The van der Waals surface area contributed by atoms with Gasteiger partial charge in [0.05, 0.1) is 17.7 Å². The maximum atomic E-state index is 12.9. The molecule has 2 heterocycles. The average Bonchev–Trinajstić information content (AvgIpc) is 2.92. The Bertz CT molecular complexity index is 730. The second kappa shape index (κ2) is 5.90. The summed E-state index contributed by atoms with van der Waals surface area (Å²) in [6, 6.07) is 0. The van der Waals surface area contributed by atoms with Crippen molar-refractivity contribution in [3.8, 4) is 0 Å². The quantitative estimate of drug-likeness (QED) is 0.659. The number of carbonyl (C=O) groups is 2. The highest BCUT2D eigenvalue weighted by Gasteiger charge is 2.43. The second-order valence-electron chi connectivity index (χ2n) is 4.84. The van der Waals surface area contributed by atoms with Crippen molar-refractivity contribution in [3.63, 3.8) is 0 Å². The Kier molecular flexibility index (Phi) is 4.31. The van der Waals surface area contributed by atoms with E-state index in [1.54, 1.807) is 26.2 Å². The third-order valence-electron chi connectivity index (χ3n) is 3.28. The second-order valence-corrected chi connectivity index (χ2v) is 4.84. The van der Waals surface area contributed by atoms with Gasteiger partial charge in [-0.1, -0.05) is 0 Å². The van der Waals surface area contributed by atoms with Gasteiger partial charge in [-0.25, -0.2) is 10.2 Å². The third-order valence-corrected chi connectivity index (χ3v) is 3.28. The fraction of sp³-hybridized carbons (Fsp3) is 0.357. The predicted octanol–water partition coefficient (Wildman–Crippen LogP) is 2.24. The smallest absolute Gasteiger partial charge is 0.435 e. The lowest BCUT2D eigenvalue weighted by molar-refractivity contribution is -0.116. The van der Waals surface area contributed by atoms with Crippen LogP contribution >= 0.6 is 0 Å². The Morgan fingerprint density at radius 1 is 1.35 bits per heavy atom. The number of rotatable bonds is 3. The minimum atomic E-state index is -4.76. The Labute approximate surface area is 129 Å². The SMILES string of the molecule is CCOC(=O)c1c(C)[nH]c(C=C2C(=O)NN=C2C(F)(F)F)c1C. The minimum absolute atomic E-state index is 0.173. The predicted molar refractivity (Wildman–Crippen MR) is 75.8 cm³/mol. The molecule has 23 heavy (non-hydrogen) atoms. The van der Waals surface area contributed by atoms with Gasteiger partial charge in [-0.05, 0) is 32.4 Å². The largest absolute Gasteiger partial charge is 0.462 e. The molecule has 9 heteroatoms. The van der Waals surface area contributed by atoms with E-state index in [9.17, 15) is 22.8 Å². The maximum Gasteiger partial charge on any atom is 0.435 e. The van der Waals surface area contributed by atoms with E-state index in [-0.39, 0.29) is 17.9 Å². The number of hydrazone groups is 1. The molecule has 1 aliphatic rings.